The first-order chi connectivity index (χ1) is 9.78. The summed E-state index contributed by atoms with van der Waals surface area (Å²) in [7, 11) is 0. The van der Waals surface area contributed by atoms with Gasteiger partial charge >= 0.3 is 6.18 Å². The molecule has 0 bridgehead atoms. The van der Waals surface area contributed by atoms with Gasteiger partial charge in [-0.2, -0.15) is 13.2 Å². The van der Waals surface area contributed by atoms with Crippen molar-refractivity contribution in [2.24, 2.45) is 5.73 Å². The number of aromatic nitrogens is 1. The standard InChI is InChI=1S/C14H14F3N3S/c15-14(16,17)9-3-1-2-8(6-9)13(19)5-4-10-11(7-13)21-12(18)20-10/h1-3,6H,4-5,7,19H2,(H2,18,20). The largest absolute Gasteiger partial charge is 0.416 e. The van der Waals surface area contributed by atoms with Crippen LogP contribution in [0, 0.1) is 0 Å². The minimum atomic E-state index is -4.36. The minimum absolute atomic E-state index is 0.471. The molecule has 21 heavy (non-hydrogen) atoms. The van der Waals surface area contributed by atoms with Gasteiger partial charge in [-0.15, -0.1) is 11.3 Å². The van der Waals surface area contributed by atoms with Gasteiger partial charge in [-0.3, -0.25) is 0 Å². The fourth-order valence-corrected chi connectivity index (χ4v) is 3.71. The molecule has 2 aromatic rings. The van der Waals surface area contributed by atoms with Crippen molar-refractivity contribution in [3.8, 4) is 0 Å². The molecular formula is C14H14F3N3S. The van der Waals surface area contributed by atoms with Crippen LogP contribution in [-0.2, 0) is 24.6 Å². The number of nitrogens with two attached hydrogens (primary N) is 2. The fraction of sp³-hybridized carbons (Fsp3) is 0.357. The smallest absolute Gasteiger partial charge is 0.375 e. The molecule has 0 saturated carbocycles. The third kappa shape index (κ3) is 2.63. The van der Waals surface area contributed by atoms with Crippen LogP contribution in [0.4, 0.5) is 18.3 Å². The Kier molecular flexibility index (Phi) is 3.22. The van der Waals surface area contributed by atoms with E-state index in [-0.39, 0.29) is 0 Å². The fourth-order valence-electron chi connectivity index (χ4n) is 2.70. The molecular weight excluding hydrogens is 299 g/mol. The first-order valence-corrected chi connectivity index (χ1v) is 7.30. The van der Waals surface area contributed by atoms with Crippen LogP contribution < -0.4 is 11.5 Å². The summed E-state index contributed by atoms with van der Waals surface area (Å²) in [5.41, 5.74) is 12.0. The zero-order valence-electron chi connectivity index (χ0n) is 11.1. The van der Waals surface area contributed by atoms with E-state index in [0.29, 0.717) is 30.0 Å². The van der Waals surface area contributed by atoms with Crippen molar-refractivity contribution in [2.45, 2.75) is 31.0 Å². The van der Waals surface area contributed by atoms with Gasteiger partial charge in [-0.25, -0.2) is 4.98 Å². The number of nitrogen functional groups attached to an aromatic ring is 1. The molecule has 3 rings (SSSR count). The molecule has 0 spiro atoms. The average Bonchev–Trinajstić information content (AvgIpc) is 2.77. The maximum atomic E-state index is 12.8. The van der Waals surface area contributed by atoms with Crippen molar-refractivity contribution in [2.75, 3.05) is 5.73 Å². The minimum Gasteiger partial charge on any atom is -0.375 e. The Morgan fingerprint density at radius 2 is 2.05 bits per heavy atom. The summed E-state index contributed by atoms with van der Waals surface area (Å²) in [5, 5.41) is 0.480. The molecule has 0 aliphatic heterocycles. The van der Waals surface area contributed by atoms with Gasteiger partial charge in [0.1, 0.15) is 0 Å². The molecule has 1 heterocycles. The number of benzene rings is 1. The second kappa shape index (κ2) is 4.71. The molecule has 4 N–H and O–H groups in total. The number of hydrogen-bond acceptors (Lipinski definition) is 4. The summed E-state index contributed by atoms with van der Waals surface area (Å²) in [5.74, 6) is 0. The van der Waals surface area contributed by atoms with Crippen LogP contribution in [0.5, 0.6) is 0 Å². The molecule has 1 aromatic carbocycles. The summed E-state index contributed by atoms with van der Waals surface area (Å²) in [6, 6.07) is 5.27. The zero-order valence-corrected chi connectivity index (χ0v) is 11.9. The molecule has 1 atom stereocenters. The van der Waals surface area contributed by atoms with Gasteiger partial charge in [0.25, 0.3) is 0 Å². The molecule has 3 nitrogen and oxygen atoms in total. The van der Waals surface area contributed by atoms with E-state index in [1.807, 2.05) is 0 Å². The lowest BCUT2D eigenvalue weighted by atomic mass is 9.78. The van der Waals surface area contributed by atoms with Gasteiger partial charge in [-0.1, -0.05) is 12.1 Å². The van der Waals surface area contributed by atoms with Gasteiger partial charge in [0.05, 0.1) is 11.3 Å². The van der Waals surface area contributed by atoms with Crippen LogP contribution in [0.2, 0.25) is 0 Å². The lowest BCUT2D eigenvalue weighted by molar-refractivity contribution is -0.137. The number of nitrogens with zero attached hydrogens (tertiary/aromatic N) is 1. The van der Waals surface area contributed by atoms with Crippen molar-refractivity contribution >= 4 is 16.5 Å². The van der Waals surface area contributed by atoms with Gasteiger partial charge < -0.3 is 11.5 Å². The molecule has 1 aromatic heterocycles. The van der Waals surface area contributed by atoms with Crippen molar-refractivity contribution in [1.82, 2.24) is 4.98 Å². The Labute approximate surface area is 123 Å². The van der Waals surface area contributed by atoms with Gasteiger partial charge in [0.2, 0.25) is 0 Å². The molecule has 7 heteroatoms. The van der Waals surface area contributed by atoms with Gasteiger partial charge in [0, 0.05) is 16.8 Å². The number of thiazole rings is 1. The third-order valence-electron chi connectivity index (χ3n) is 3.84. The molecule has 0 saturated heterocycles. The average molecular weight is 313 g/mol. The second-order valence-corrected chi connectivity index (χ2v) is 6.45. The lowest BCUT2D eigenvalue weighted by Gasteiger charge is -2.33. The maximum absolute atomic E-state index is 12.8. The van der Waals surface area contributed by atoms with E-state index in [9.17, 15) is 13.2 Å². The monoisotopic (exact) mass is 313 g/mol. The van der Waals surface area contributed by atoms with E-state index in [1.165, 1.54) is 17.4 Å². The Morgan fingerprint density at radius 3 is 2.76 bits per heavy atom. The van der Waals surface area contributed by atoms with E-state index in [2.05, 4.69) is 4.98 Å². The summed E-state index contributed by atoms with van der Waals surface area (Å²) in [6.45, 7) is 0. The topological polar surface area (TPSA) is 64.9 Å². The number of aryl methyl sites for hydroxylation is 1. The van der Waals surface area contributed by atoms with Crippen molar-refractivity contribution in [1.29, 1.82) is 0 Å². The van der Waals surface area contributed by atoms with Crippen LogP contribution in [0.1, 0.15) is 28.1 Å². The predicted octanol–water partition coefficient (Wildman–Crippen LogP) is 3.09. The summed E-state index contributed by atoms with van der Waals surface area (Å²) in [4.78, 5) is 5.20. The normalized spacial score (nSPS) is 22.1. The number of anilines is 1. The Balaban J connectivity index is 1.97. The van der Waals surface area contributed by atoms with E-state index >= 15 is 0 Å². The van der Waals surface area contributed by atoms with E-state index in [1.54, 1.807) is 6.07 Å². The quantitative estimate of drug-likeness (QED) is 0.850. The molecule has 0 radical (unpaired) electrons. The zero-order chi connectivity index (χ0) is 15.3. The predicted molar refractivity (Wildman–Crippen MR) is 75.9 cm³/mol. The molecule has 0 amide bonds. The van der Waals surface area contributed by atoms with Crippen LogP contribution in [0.25, 0.3) is 0 Å². The van der Waals surface area contributed by atoms with Crippen LogP contribution >= 0.6 is 11.3 Å². The van der Waals surface area contributed by atoms with Crippen LogP contribution in [0.3, 0.4) is 0 Å². The SMILES string of the molecule is Nc1nc2c(s1)CC(N)(c1cccc(C(F)(F)F)c1)CC2. The molecule has 1 aliphatic carbocycles. The molecule has 1 unspecified atom stereocenters. The molecule has 1 aliphatic rings. The Hall–Kier alpha value is -1.60. The van der Waals surface area contributed by atoms with E-state index in [4.69, 9.17) is 11.5 Å². The van der Waals surface area contributed by atoms with Crippen LogP contribution in [-0.4, -0.2) is 4.98 Å². The number of rotatable bonds is 1. The van der Waals surface area contributed by atoms with Crippen LogP contribution in [0.15, 0.2) is 24.3 Å². The highest BCUT2D eigenvalue weighted by Gasteiger charge is 2.37. The summed E-state index contributed by atoms with van der Waals surface area (Å²) >= 11 is 1.36. The molecule has 0 fully saturated rings. The number of alkyl halides is 3. The summed E-state index contributed by atoms with van der Waals surface area (Å²) in [6.07, 6.45) is -2.69. The number of halogens is 3. The van der Waals surface area contributed by atoms with Gasteiger partial charge in [-0.05, 0) is 30.5 Å². The molecule has 112 valence electrons. The van der Waals surface area contributed by atoms with Gasteiger partial charge in [0.15, 0.2) is 5.13 Å². The number of hydrogen-bond donors (Lipinski definition) is 2. The summed E-state index contributed by atoms with van der Waals surface area (Å²) < 4.78 is 38.5. The second-order valence-electron chi connectivity index (χ2n) is 5.33. The van der Waals surface area contributed by atoms with E-state index < -0.39 is 17.3 Å². The van der Waals surface area contributed by atoms with E-state index in [0.717, 1.165) is 22.7 Å². The third-order valence-corrected chi connectivity index (χ3v) is 4.77. The maximum Gasteiger partial charge on any atom is 0.416 e. The first kappa shape index (κ1) is 14.3. The Bertz CT molecular complexity index is 680. The highest BCUT2D eigenvalue weighted by Crippen LogP contribution is 2.39. The number of fused-ring (bicyclic) bond motifs is 1. The first-order valence-electron chi connectivity index (χ1n) is 6.49. The van der Waals surface area contributed by atoms with Crippen molar-refractivity contribution in [3.05, 3.63) is 46.0 Å². The highest BCUT2D eigenvalue weighted by atomic mass is 32.1. The Morgan fingerprint density at radius 1 is 1.29 bits per heavy atom. The highest BCUT2D eigenvalue weighted by molar-refractivity contribution is 7.15. The van der Waals surface area contributed by atoms with Crippen molar-refractivity contribution in [3.63, 3.8) is 0 Å². The van der Waals surface area contributed by atoms with Crippen molar-refractivity contribution < 1.29 is 13.2 Å². The lowest BCUT2D eigenvalue weighted by Crippen LogP contribution is -2.42.